The molecule has 0 saturated carbocycles. The maximum Gasteiger partial charge on any atom is 0.325 e. The summed E-state index contributed by atoms with van der Waals surface area (Å²) in [6.07, 6.45) is 0.415. The standard InChI is InChI=1S/C25H31ClN2O5/c1-5-32-22(29)15-21(28-24(31)27-16-23(30)33-25(2,3)4)13-17-9-11-18(12-10-17)19-7-6-8-20(26)14-19/h6-12,14,21H,5,13,15-16H2,1-4H3,(H2,27,28,31). The van der Waals surface area contributed by atoms with E-state index in [-0.39, 0.29) is 19.6 Å². The number of carbonyl (C=O) groups excluding carboxylic acids is 3. The molecule has 0 radical (unpaired) electrons. The van der Waals surface area contributed by atoms with Crippen molar-refractivity contribution in [2.24, 2.45) is 0 Å². The summed E-state index contributed by atoms with van der Waals surface area (Å²) in [5.41, 5.74) is 2.30. The summed E-state index contributed by atoms with van der Waals surface area (Å²) in [5.74, 6) is -0.957. The third-order valence-electron chi connectivity index (χ3n) is 4.46. The topological polar surface area (TPSA) is 93.7 Å². The van der Waals surface area contributed by atoms with Crippen LogP contribution in [0.3, 0.4) is 0 Å². The van der Waals surface area contributed by atoms with Gasteiger partial charge in [0.15, 0.2) is 0 Å². The molecule has 33 heavy (non-hydrogen) atoms. The Kier molecular flexibility index (Phi) is 9.73. The first kappa shape index (κ1) is 26.2. The molecule has 0 spiro atoms. The second-order valence-corrected chi connectivity index (χ2v) is 8.97. The Bertz CT molecular complexity index is 954. The lowest BCUT2D eigenvalue weighted by molar-refractivity contribution is -0.153. The molecule has 7 nitrogen and oxygen atoms in total. The van der Waals surface area contributed by atoms with E-state index >= 15 is 0 Å². The molecule has 1 atom stereocenters. The number of halogens is 1. The summed E-state index contributed by atoms with van der Waals surface area (Å²) in [7, 11) is 0. The summed E-state index contributed by atoms with van der Waals surface area (Å²) in [4.78, 5) is 36.2. The Morgan fingerprint density at radius 2 is 1.70 bits per heavy atom. The van der Waals surface area contributed by atoms with Crippen LogP contribution in [-0.2, 0) is 25.5 Å². The predicted octanol–water partition coefficient (Wildman–Crippen LogP) is 4.51. The average Bonchev–Trinajstić information content (AvgIpc) is 2.72. The first-order valence-corrected chi connectivity index (χ1v) is 11.2. The molecule has 0 aliphatic heterocycles. The van der Waals surface area contributed by atoms with Crippen LogP contribution in [0.25, 0.3) is 11.1 Å². The van der Waals surface area contributed by atoms with Crippen molar-refractivity contribution in [1.29, 1.82) is 0 Å². The Balaban J connectivity index is 2.02. The van der Waals surface area contributed by atoms with E-state index in [2.05, 4.69) is 10.6 Å². The highest BCUT2D eigenvalue weighted by Crippen LogP contribution is 2.23. The fourth-order valence-electron chi connectivity index (χ4n) is 3.15. The summed E-state index contributed by atoms with van der Waals surface area (Å²) in [6, 6.07) is 14.3. The third-order valence-corrected chi connectivity index (χ3v) is 4.70. The van der Waals surface area contributed by atoms with Crippen LogP contribution in [0.15, 0.2) is 48.5 Å². The van der Waals surface area contributed by atoms with E-state index in [4.69, 9.17) is 21.1 Å². The summed E-state index contributed by atoms with van der Waals surface area (Å²) < 4.78 is 10.2. The van der Waals surface area contributed by atoms with Crippen LogP contribution >= 0.6 is 11.6 Å². The number of ether oxygens (including phenoxy) is 2. The molecule has 0 fully saturated rings. The zero-order valence-electron chi connectivity index (χ0n) is 19.4. The van der Waals surface area contributed by atoms with Gasteiger partial charge in [-0.05, 0) is 62.9 Å². The lowest BCUT2D eigenvalue weighted by Crippen LogP contribution is -2.46. The van der Waals surface area contributed by atoms with Gasteiger partial charge >= 0.3 is 18.0 Å². The lowest BCUT2D eigenvalue weighted by atomic mass is 9.99. The Hall–Kier alpha value is -3.06. The van der Waals surface area contributed by atoms with E-state index in [1.54, 1.807) is 27.7 Å². The minimum absolute atomic E-state index is 0.00371. The highest BCUT2D eigenvalue weighted by molar-refractivity contribution is 6.30. The average molecular weight is 475 g/mol. The highest BCUT2D eigenvalue weighted by atomic mass is 35.5. The molecule has 178 valence electrons. The summed E-state index contributed by atoms with van der Waals surface area (Å²) in [5, 5.41) is 5.88. The lowest BCUT2D eigenvalue weighted by Gasteiger charge is -2.21. The van der Waals surface area contributed by atoms with Crippen molar-refractivity contribution in [3.05, 3.63) is 59.1 Å². The minimum Gasteiger partial charge on any atom is -0.466 e. The molecular formula is C25H31ClN2O5. The van der Waals surface area contributed by atoms with Gasteiger partial charge in [0.2, 0.25) is 0 Å². The van der Waals surface area contributed by atoms with Crippen molar-refractivity contribution in [3.8, 4) is 11.1 Å². The van der Waals surface area contributed by atoms with E-state index in [0.717, 1.165) is 16.7 Å². The van der Waals surface area contributed by atoms with Gasteiger partial charge in [0, 0.05) is 11.1 Å². The van der Waals surface area contributed by atoms with Gasteiger partial charge in [-0.3, -0.25) is 9.59 Å². The monoisotopic (exact) mass is 474 g/mol. The molecular weight excluding hydrogens is 444 g/mol. The first-order chi connectivity index (χ1) is 15.6. The molecule has 2 rings (SSSR count). The zero-order valence-corrected chi connectivity index (χ0v) is 20.2. The molecule has 8 heteroatoms. The molecule has 0 aromatic heterocycles. The second kappa shape index (κ2) is 12.3. The van der Waals surface area contributed by atoms with Crippen LogP contribution in [0.5, 0.6) is 0 Å². The number of amides is 2. The fourth-order valence-corrected chi connectivity index (χ4v) is 3.34. The van der Waals surface area contributed by atoms with Gasteiger partial charge in [-0.1, -0.05) is 48.0 Å². The van der Waals surface area contributed by atoms with E-state index in [1.807, 2.05) is 48.5 Å². The van der Waals surface area contributed by atoms with Crippen molar-refractivity contribution in [3.63, 3.8) is 0 Å². The normalized spacial score (nSPS) is 11.9. The van der Waals surface area contributed by atoms with Crippen LogP contribution < -0.4 is 10.6 Å². The van der Waals surface area contributed by atoms with Crippen LogP contribution in [-0.4, -0.2) is 42.8 Å². The van der Waals surface area contributed by atoms with Crippen molar-refractivity contribution < 1.29 is 23.9 Å². The molecule has 0 bridgehead atoms. The van der Waals surface area contributed by atoms with Gasteiger partial charge in [0.05, 0.1) is 13.0 Å². The number of esters is 2. The summed E-state index contributed by atoms with van der Waals surface area (Å²) in [6.45, 7) is 6.95. The SMILES string of the molecule is CCOC(=O)CC(Cc1ccc(-c2cccc(Cl)c2)cc1)NC(=O)NCC(=O)OC(C)(C)C. The van der Waals surface area contributed by atoms with Crippen molar-refractivity contribution in [2.45, 2.75) is 52.2 Å². The number of benzene rings is 2. The van der Waals surface area contributed by atoms with Gasteiger partial charge in [0.25, 0.3) is 0 Å². The minimum atomic E-state index is -0.640. The van der Waals surface area contributed by atoms with Crippen molar-refractivity contribution >= 4 is 29.6 Å². The van der Waals surface area contributed by atoms with Gasteiger partial charge in [0.1, 0.15) is 12.1 Å². The van der Waals surface area contributed by atoms with Crippen LogP contribution in [0.1, 0.15) is 39.7 Å². The molecule has 1 unspecified atom stereocenters. The number of carbonyl (C=O) groups is 3. The molecule has 0 heterocycles. The van der Waals surface area contributed by atoms with Crippen LogP contribution in [0.4, 0.5) is 4.79 Å². The number of hydrogen-bond acceptors (Lipinski definition) is 5. The molecule has 2 aromatic carbocycles. The quantitative estimate of drug-likeness (QED) is 0.521. The second-order valence-electron chi connectivity index (χ2n) is 8.53. The molecule has 2 N–H and O–H groups in total. The number of rotatable bonds is 9. The largest absolute Gasteiger partial charge is 0.466 e. The Morgan fingerprint density at radius 3 is 2.30 bits per heavy atom. The van der Waals surface area contributed by atoms with Gasteiger partial charge in [-0.15, -0.1) is 0 Å². The smallest absolute Gasteiger partial charge is 0.325 e. The predicted molar refractivity (Wildman–Crippen MR) is 128 cm³/mol. The Labute approximate surface area is 199 Å². The van der Waals surface area contributed by atoms with Crippen LogP contribution in [0.2, 0.25) is 5.02 Å². The summed E-state index contributed by atoms with van der Waals surface area (Å²) >= 11 is 6.08. The van der Waals surface area contributed by atoms with Crippen LogP contribution in [0, 0.1) is 0 Å². The van der Waals surface area contributed by atoms with Crippen molar-refractivity contribution in [1.82, 2.24) is 10.6 Å². The molecule has 0 aliphatic carbocycles. The molecule has 0 saturated heterocycles. The molecule has 0 aliphatic rings. The van der Waals surface area contributed by atoms with E-state index in [9.17, 15) is 14.4 Å². The maximum atomic E-state index is 12.3. The van der Waals surface area contributed by atoms with Crippen molar-refractivity contribution in [2.75, 3.05) is 13.2 Å². The van der Waals surface area contributed by atoms with E-state index in [0.29, 0.717) is 11.4 Å². The maximum absolute atomic E-state index is 12.3. The number of hydrogen-bond donors (Lipinski definition) is 2. The number of urea groups is 1. The van der Waals surface area contributed by atoms with E-state index < -0.39 is 29.6 Å². The van der Waals surface area contributed by atoms with Gasteiger partial charge in [-0.25, -0.2) is 4.79 Å². The van der Waals surface area contributed by atoms with E-state index in [1.165, 1.54) is 0 Å². The first-order valence-electron chi connectivity index (χ1n) is 10.8. The zero-order chi connectivity index (χ0) is 24.4. The number of nitrogens with one attached hydrogen (secondary N) is 2. The Morgan fingerprint density at radius 1 is 1.00 bits per heavy atom. The molecule has 2 aromatic rings. The molecule has 2 amide bonds. The van der Waals surface area contributed by atoms with Gasteiger partial charge < -0.3 is 20.1 Å². The third kappa shape index (κ3) is 9.95. The van der Waals surface area contributed by atoms with Gasteiger partial charge in [-0.2, -0.15) is 0 Å². The fraction of sp³-hybridized carbons (Fsp3) is 0.400. The highest BCUT2D eigenvalue weighted by Gasteiger charge is 2.20.